The Kier molecular flexibility index (Phi) is 4.87. The largest absolute Gasteiger partial charge is 0.450 e. The Labute approximate surface area is 162 Å². The van der Waals surface area contributed by atoms with Gasteiger partial charge in [0.05, 0.1) is 4.92 Å². The first kappa shape index (κ1) is 17.6. The highest BCUT2D eigenvalue weighted by molar-refractivity contribution is 9.10. The Morgan fingerprint density at radius 2 is 2.04 bits per heavy atom. The van der Waals surface area contributed by atoms with Crippen LogP contribution in [0.5, 0.6) is 11.5 Å². The summed E-state index contributed by atoms with van der Waals surface area (Å²) in [6.07, 6.45) is 1.73. The van der Waals surface area contributed by atoms with Gasteiger partial charge in [-0.15, -0.1) is 0 Å². The van der Waals surface area contributed by atoms with E-state index in [4.69, 9.17) is 14.0 Å². The zero-order chi connectivity index (χ0) is 18.8. The molecule has 138 valence electrons. The molecule has 9 heteroatoms. The average molecular weight is 432 g/mol. The van der Waals surface area contributed by atoms with Crippen LogP contribution in [-0.2, 0) is 4.74 Å². The second-order valence-electron chi connectivity index (χ2n) is 5.95. The van der Waals surface area contributed by atoms with Gasteiger partial charge in [-0.05, 0) is 49.2 Å². The van der Waals surface area contributed by atoms with E-state index in [1.54, 1.807) is 36.4 Å². The SMILES string of the molecule is O=[N+]([O-])c1cc(Br)ccc1Oc1ccc(-c2noc(C3CCCO3)n2)cc1. The third-order valence-corrected chi connectivity index (χ3v) is 4.60. The van der Waals surface area contributed by atoms with Crippen molar-refractivity contribution in [3.05, 3.63) is 62.9 Å². The Morgan fingerprint density at radius 1 is 1.22 bits per heavy atom. The van der Waals surface area contributed by atoms with E-state index in [1.165, 1.54) is 6.07 Å². The van der Waals surface area contributed by atoms with Gasteiger partial charge in [-0.25, -0.2) is 0 Å². The summed E-state index contributed by atoms with van der Waals surface area (Å²) in [7, 11) is 0. The molecule has 2 aromatic carbocycles. The minimum Gasteiger partial charge on any atom is -0.450 e. The number of aromatic nitrogens is 2. The molecule has 0 N–H and O–H groups in total. The normalized spacial score (nSPS) is 16.4. The van der Waals surface area contributed by atoms with Crippen LogP contribution < -0.4 is 4.74 Å². The lowest BCUT2D eigenvalue weighted by Gasteiger charge is -2.07. The van der Waals surface area contributed by atoms with Crippen molar-refractivity contribution in [2.75, 3.05) is 6.61 Å². The molecule has 1 aromatic heterocycles. The van der Waals surface area contributed by atoms with Crippen LogP contribution in [0.1, 0.15) is 24.8 Å². The van der Waals surface area contributed by atoms with Crippen LogP contribution in [0.3, 0.4) is 0 Å². The quantitative estimate of drug-likeness (QED) is 0.411. The number of nitro benzene ring substituents is 1. The van der Waals surface area contributed by atoms with Gasteiger partial charge in [0, 0.05) is 22.7 Å². The molecule has 1 aliphatic rings. The van der Waals surface area contributed by atoms with E-state index in [-0.39, 0.29) is 17.5 Å². The fourth-order valence-electron chi connectivity index (χ4n) is 2.77. The number of nitrogens with zero attached hydrogens (tertiary/aromatic N) is 3. The average Bonchev–Trinajstić information content (AvgIpc) is 3.35. The van der Waals surface area contributed by atoms with Gasteiger partial charge in [0.25, 0.3) is 5.89 Å². The molecule has 1 saturated heterocycles. The zero-order valence-electron chi connectivity index (χ0n) is 14.0. The molecule has 1 atom stereocenters. The summed E-state index contributed by atoms with van der Waals surface area (Å²) in [6.45, 7) is 0.705. The van der Waals surface area contributed by atoms with Gasteiger partial charge in [0.1, 0.15) is 11.9 Å². The third kappa shape index (κ3) is 3.83. The topological polar surface area (TPSA) is 101 Å². The van der Waals surface area contributed by atoms with Crippen molar-refractivity contribution in [3.8, 4) is 22.9 Å². The van der Waals surface area contributed by atoms with Gasteiger partial charge in [-0.2, -0.15) is 4.98 Å². The summed E-state index contributed by atoms with van der Waals surface area (Å²) in [6, 6.07) is 11.6. The van der Waals surface area contributed by atoms with Crippen LogP contribution >= 0.6 is 15.9 Å². The molecule has 0 aliphatic carbocycles. The first-order valence-corrected chi connectivity index (χ1v) is 9.07. The number of hydrogen-bond donors (Lipinski definition) is 0. The third-order valence-electron chi connectivity index (χ3n) is 4.10. The first-order valence-electron chi connectivity index (χ1n) is 8.27. The standard InChI is InChI=1S/C18H14BrN3O5/c19-12-5-8-15(14(10-12)22(23)24)26-13-6-3-11(4-7-13)17-20-18(27-21-17)16-2-1-9-25-16/h3-8,10,16H,1-2,9H2. The molecule has 8 nitrogen and oxygen atoms in total. The molecule has 1 fully saturated rings. The van der Waals surface area contributed by atoms with Gasteiger partial charge in [-0.3, -0.25) is 10.1 Å². The molecule has 0 amide bonds. The highest BCUT2D eigenvalue weighted by Crippen LogP contribution is 2.34. The molecule has 0 saturated carbocycles. The lowest BCUT2D eigenvalue weighted by atomic mass is 10.2. The Bertz CT molecular complexity index is 967. The molecule has 0 bridgehead atoms. The monoisotopic (exact) mass is 431 g/mol. The molecular weight excluding hydrogens is 418 g/mol. The summed E-state index contributed by atoms with van der Waals surface area (Å²) in [5.41, 5.74) is 0.633. The summed E-state index contributed by atoms with van der Waals surface area (Å²) in [4.78, 5) is 15.1. The van der Waals surface area contributed by atoms with E-state index >= 15 is 0 Å². The molecule has 2 heterocycles. The minimum absolute atomic E-state index is 0.118. The lowest BCUT2D eigenvalue weighted by Crippen LogP contribution is -1.95. The van der Waals surface area contributed by atoms with E-state index in [2.05, 4.69) is 26.1 Å². The van der Waals surface area contributed by atoms with E-state index < -0.39 is 4.92 Å². The first-order chi connectivity index (χ1) is 13.1. The smallest absolute Gasteiger partial charge is 0.312 e. The minimum atomic E-state index is -0.486. The predicted molar refractivity (Wildman–Crippen MR) is 98.5 cm³/mol. The number of ether oxygens (including phenoxy) is 2. The van der Waals surface area contributed by atoms with Crippen LogP contribution in [0.15, 0.2) is 51.5 Å². The van der Waals surface area contributed by atoms with E-state index in [9.17, 15) is 10.1 Å². The molecule has 1 aliphatic heterocycles. The van der Waals surface area contributed by atoms with Gasteiger partial charge in [0.2, 0.25) is 11.6 Å². The molecule has 3 aromatic rings. The second kappa shape index (κ2) is 7.45. The maximum Gasteiger partial charge on any atom is 0.312 e. The van der Waals surface area contributed by atoms with E-state index in [0.717, 1.165) is 18.4 Å². The molecule has 0 spiro atoms. The predicted octanol–water partition coefficient (Wildman–Crippen LogP) is 5.05. The van der Waals surface area contributed by atoms with Crippen LogP contribution in [-0.4, -0.2) is 21.7 Å². The van der Waals surface area contributed by atoms with Crippen LogP contribution in [0.4, 0.5) is 5.69 Å². The Balaban J connectivity index is 1.52. The van der Waals surface area contributed by atoms with Crippen molar-refractivity contribution in [2.45, 2.75) is 18.9 Å². The van der Waals surface area contributed by atoms with Crippen LogP contribution in [0, 0.1) is 10.1 Å². The number of halogens is 1. The number of rotatable bonds is 5. The highest BCUT2D eigenvalue weighted by atomic mass is 79.9. The van der Waals surface area contributed by atoms with Gasteiger partial charge in [0.15, 0.2) is 0 Å². The molecule has 0 radical (unpaired) electrons. The van der Waals surface area contributed by atoms with Crippen molar-refractivity contribution < 1.29 is 18.9 Å². The van der Waals surface area contributed by atoms with E-state index in [1.807, 2.05) is 0 Å². The number of nitro groups is 1. The van der Waals surface area contributed by atoms with E-state index in [0.29, 0.717) is 28.5 Å². The molecule has 27 heavy (non-hydrogen) atoms. The van der Waals surface area contributed by atoms with Gasteiger partial charge >= 0.3 is 5.69 Å². The maximum absolute atomic E-state index is 11.2. The number of benzene rings is 2. The molecule has 1 unspecified atom stereocenters. The summed E-state index contributed by atoms with van der Waals surface area (Å²) in [5, 5.41) is 15.2. The lowest BCUT2D eigenvalue weighted by molar-refractivity contribution is -0.385. The Morgan fingerprint density at radius 3 is 2.74 bits per heavy atom. The highest BCUT2D eigenvalue weighted by Gasteiger charge is 2.24. The van der Waals surface area contributed by atoms with Crippen molar-refractivity contribution in [1.82, 2.24) is 10.1 Å². The fraction of sp³-hybridized carbons (Fsp3) is 0.222. The van der Waals surface area contributed by atoms with Gasteiger partial charge in [-0.1, -0.05) is 21.1 Å². The summed E-state index contributed by atoms with van der Waals surface area (Å²) in [5.74, 6) is 1.57. The van der Waals surface area contributed by atoms with Crippen molar-refractivity contribution in [3.63, 3.8) is 0 Å². The Hall–Kier alpha value is -2.78. The zero-order valence-corrected chi connectivity index (χ0v) is 15.6. The molecule has 4 rings (SSSR count). The summed E-state index contributed by atoms with van der Waals surface area (Å²) < 4.78 is 17.1. The van der Waals surface area contributed by atoms with Crippen molar-refractivity contribution in [2.24, 2.45) is 0 Å². The van der Waals surface area contributed by atoms with Crippen molar-refractivity contribution in [1.29, 1.82) is 0 Å². The van der Waals surface area contributed by atoms with Crippen molar-refractivity contribution >= 4 is 21.6 Å². The van der Waals surface area contributed by atoms with Crippen LogP contribution in [0.2, 0.25) is 0 Å². The number of hydrogen-bond acceptors (Lipinski definition) is 7. The summed E-state index contributed by atoms with van der Waals surface area (Å²) >= 11 is 3.22. The van der Waals surface area contributed by atoms with Crippen LogP contribution in [0.25, 0.3) is 11.4 Å². The second-order valence-corrected chi connectivity index (χ2v) is 6.87. The molecular formula is C18H14BrN3O5. The van der Waals surface area contributed by atoms with Gasteiger partial charge < -0.3 is 14.0 Å². The fourth-order valence-corrected chi connectivity index (χ4v) is 3.12. The maximum atomic E-state index is 11.2.